The lowest BCUT2D eigenvalue weighted by atomic mass is 9.97. The summed E-state index contributed by atoms with van der Waals surface area (Å²) in [6.07, 6.45) is 1.33. The summed E-state index contributed by atoms with van der Waals surface area (Å²) < 4.78 is 28.3. The second kappa shape index (κ2) is 5.74. The molecule has 0 N–H and O–H groups in total. The molecule has 1 aromatic carbocycles. The molecule has 1 aliphatic heterocycles. The van der Waals surface area contributed by atoms with Gasteiger partial charge in [0.15, 0.2) is 15.6 Å². The molecule has 5 heteroatoms. The van der Waals surface area contributed by atoms with E-state index < -0.39 is 15.8 Å². The van der Waals surface area contributed by atoms with Crippen molar-refractivity contribution < 1.29 is 17.9 Å². The van der Waals surface area contributed by atoms with E-state index in [4.69, 9.17) is 4.74 Å². The summed E-state index contributed by atoms with van der Waals surface area (Å²) >= 11 is 0. The van der Waals surface area contributed by atoms with Crippen molar-refractivity contribution in [2.24, 2.45) is 5.92 Å². The Morgan fingerprint density at radius 1 is 1.42 bits per heavy atom. The van der Waals surface area contributed by atoms with Crippen molar-refractivity contribution in [3.05, 3.63) is 29.8 Å². The van der Waals surface area contributed by atoms with Gasteiger partial charge in [-0.05, 0) is 25.0 Å². The predicted octanol–water partition coefficient (Wildman–Crippen LogP) is 2.09. The Bertz CT molecular complexity index is 563. The fourth-order valence-corrected chi connectivity index (χ4v) is 3.94. The number of hydrogen-bond acceptors (Lipinski definition) is 4. The van der Waals surface area contributed by atoms with Gasteiger partial charge in [-0.1, -0.05) is 19.1 Å². The van der Waals surface area contributed by atoms with Crippen LogP contribution >= 0.6 is 0 Å². The molecule has 4 nitrogen and oxygen atoms in total. The van der Waals surface area contributed by atoms with Gasteiger partial charge in [0.25, 0.3) is 0 Å². The van der Waals surface area contributed by atoms with E-state index in [-0.39, 0.29) is 17.3 Å². The monoisotopic (exact) mass is 282 g/mol. The van der Waals surface area contributed by atoms with Gasteiger partial charge < -0.3 is 4.74 Å². The van der Waals surface area contributed by atoms with Crippen molar-refractivity contribution in [3.63, 3.8) is 0 Å². The molecule has 2 rings (SSSR count). The van der Waals surface area contributed by atoms with Gasteiger partial charge in [0.1, 0.15) is 5.75 Å². The third-order valence-electron chi connectivity index (χ3n) is 3.19. The molecule has 1 saturated heterocycles. The van der Waals surface area contributed by atoms with Crippen molar-refractivity contribution >= 4 is 15.6 Å². The molecule has 0 aromatic heterocycles. The Hall–Kier alpha value is -1.36. The number of rotatable bonds is 5. The molecule has 1 aliphatic rings. The molecule has 0 bridgehead atoms. The van der Waals surface area contributed by atoms with E-state index in [0.29, 0.717) is 24.3 Å². The van der Waals surface area contributed by atoms with Crippen LogP contribution in [0.5, 0.6) is 5.75 Å². The maximum atomic E-state index is 12.2. The van der Waals surface area contributed by atoms with E-state index in [1.165, 1.54) is 0 Å². The molecule has 1 atom stereocenters. The summed E-state index contributed by atoms with van der Waals surface area (Å²) in [5.41, 5.74) is 0.538. The maximum Gasteiger partial charge on any atom is 0.167 e. The van der Waals surface area contributed by atoms with Crippen LogP contribution in [0.1, 0.15) is 30.1 Å². The third kappa shape index (κ3) is 3.56. The second-order valence-corrected chi connectivity index (χ2v) is 7.07. The number of benzene rings is 1. The SMILES string of the molecule is CCCOc1cccc(C(=O)C2CCS(=O)(=O)C2)c1. The summed E-state index contributed by atoms with van der Waals surface area (Å²) in [7, 11) is -3.02. The average Bonchev–Trinajstić information content (AvgIpc) is 2.76. The number of Topliss-reactive ketones (excluding diaryl/α,β-unsaturated/α-hetero) is 1. The standard InChI is InChI=1S/C14H18O4S/c1-2-7-18-13-5-3-4-11(9-13)14(15)12-6-8-19(16,17)10-12/h3-5,9,12H,2,6-8,10H2,1H3. The van der Waals surface area contributed by atoms with Gasteiger partial charge in [-0.2, -0.15) is 0 Å². The van der Waals surface area contributed by atoms with Gasteiger partial charge in [-0.15, -0.1) is 0 Å². The van der Waals surface area contributed by atoms with Crippen LogP contribution in [-0.2, 0) is 9.84 Å². The van der Waals surface area contributed by atoms with Crippen LogP contribution in [0.4, 0.5) is 0 Å². The highest BCUT2D eigenvalue weighted by Crippen LogP contribution is 2.24. The van der Waals surface area contributed by atoms with Gasteiger partial charge in [0, 0.05) is 11.5 Å². The van der Waals surface area contributed by atoms with Gasteiger partial charge in [0.2, 0.25) is 0 Å². The Labute approximate surface area is 113 Å². The molecule has 0 aliphatic carbocycles. The van der Waals surface area contributed by atoms with Crippen molar-refractivity contribution in [3.8, 4) is 5.75 Å². The van der Waals surface area contributed by atoms with E-state index >= 15 is 0 Å². The van der Waals surface area contributed by atoms with Crippen LogP contribution in [0, 0.1) is 5.92 Å². The van der Waals surface area contributed by atoms with Crippen molar-refractivity contribution in [2.45, 2.75) is 19.8 Å². The van der Waals surface area contributed by atoms with Gasteiger partial charge in [0.05, 0.1) is 18.1 Å². The zero-order valence-electron chi connectivity index (χ0n) is 11.0. The quantitative estimate of drug-likeness (QED) is 0.776. The molecular weight excluding hydrogens is 264 g/mol. The normalized spacial score (nSPS) is 21.2. The lowest BCUT2D eigenvalue weighted by molar-refractivity contribution is 0.0933. The van der Waals surface area contributed by atoms with Crippen molar-refractivity contribution in [1.82, 2.24) is 0 Å². The molecule has 1 heterocycles. The third-order valence-corrected chi connectivity index (χ3v) is 4.96. The van der Waals surface area contributed by atoms with E-state index in [2.05, 4.69) is 0 Å². The highest BCUT2D eigenvalue weighted by molar-refractivity contribution is 7.91. The molecule has 1 aromatic rings. The minimum Gasteiger partial charge on any atom is -0.494 e. The minimum absolute atomic E-state index is 0.0219. The van der Waals surface area contributed by atoms with Crippen molar-refractivity contribution in [2.75, 3.05) is 18.1 Å². The lowest BCUT2D eigenvalue weighted by Crippen LogP contribution is -2.16. The summed E-state index contributed by atoms with van der Waals surface area (Å²) in [5.74, 6) is 0.268. The average molecular weight is 282 g/mol. The van der Waals surface area contributed by atoms with E-state index in [9.17, 15) is 13.2 Å². The largest absolute Gasteiger partial charge is 0.494 e. The van der Waals surface area contributed by atoms with Gasteiger partial charge in [-0.3, -0.25) is 4.79 Å². The van der Waals surface area contributed by atoms with Crippen LogP contribution < -0.4 is 4.74 Å². The molecule has 1 fully saturated rings. The first-order valence-corrected chi connectivity index (χ1v) is 8.31. The van der Waals surface area contributed by atoms with Gasteiger partial charge in [-0.25, -0.2) is 8.42 Å². The summed E-state index contributed by atoms with van der Waals surface area (Å²) in [4.78, 5) is 12.2. The lowest BCUT2D eigenvalue weighted by Gasteiger charge is -2.09. The number of ether oxygens (including phenoxy) is 1. The first-order chi connectivity index (χ1) is 9.02. The Balaban J connectivity index is 2.11. The molecule has 0 spiro atoms. The number of sulfone groups is 1. The van der Waals surface area contributed by atoms with E-state index in [0.717, 1.165) is 6.42 Å². The minimum atomic E-state index is -3.02. The zero-order valence-corrected chi connectivity index (χ0v) is 11.8. The molecule has 19 heavy (non-hydrogen) atoms. The summed E-state index contributed by atoms with van der Waals surface area (Å²) in [6.45, 7) is 2.62. The fourth-order valence-electron chi connectivity index (χ4n) is 2.20. The smallest absolute Gasteiger partial charge is 0.167 e. The fraction of sp³-hybridized carbons (Fsp3) is 0.500. The van der Waals surface area contributed by atoms with Crippen LogP contribution in [0.2, 0.25) is 0 Å². The maximum absolute atomic E-state index is 12.2. The van der Waals surface area contributed by atoms with Crippen LogP contribution in [0.3, 0.4) is 0 Å². The Kier molecular flexibility index (Phi) is 4.24. The number of hydrogen-bond donors (Lipinski definition) is 0. The van der Waals surface area contributed by atoms with E-state index in [1.807, 2.05) is 6.92 Å². The summed E-state index contributed by atoms with van der Waals surface area (Å²) in [6, 6.07) is 6.98. The molecule has 1 unspecified atom stereocenters. The number of carbonyl (C=O) groups is 1. The van der Waals surface area contributed by atoms with E-state index in [1.54, 1.807) is 24.3 Å². The topological polar surface area (TPSA) is 60.4 Å². The van der Waals surface area contributed by atoms with Crippen LogP contribution in [-0.4, -0.2) is 32.3 Å². The number of ketones is 1. The van der Waals surface area contributed by atoms with Crippen molar-refractivity contribution in [1.29, 1.82) is 0 Å². The highest BCUT2D eigenvalue weighted by Gasteiger charge is 2.33. The molecular formula is C14H18O4S. The second-order valence-electron chi connectivity index (χ2n) is 4.84. The molecule has 0 radical (unpaired) electrons. The van der Waals surface area contributed by atoms with Gasteiger partial charge >= 0.3 is 0 Å². The summed E-state index contributed by atoms with van der Waals surface area (Å²) in [5, 5.41) is 0. The Morgan fingerprint density at radius 3 is 2.84 bits per heavy atom. The highest BCUT2D eigenvalue weighted by atomic mass is 32.2. The number of carbonyl (C=O) groups excluding carboxylic acids is 1. The predicted molar refractivity (Wildman–Crippen MR) is 73.3 cm³/mol. The Morgan fingerprint density at radius 2 is 2.21 bits per heavy atom. The first kappa shape index (κ1) is 14.1. The van der Waals surface area contributed by atoms with Crippen LogP contribution in [0.15, 0.2) is 24.3 Å². The zero-order chi connectivity index (χ0) is 13.9. The molecule has 0 saturated carbocycles. The first-order valence-electron chi connectivity index (χ1n) is 6.49. The molecule has 0 amide bonds. The molecule has 104 valence electrons. The van der Waals surface area contributed by atoms with Crippen LogP contribution in [0.25, 0.3) is 0 Å².